The van der Waals surface area contributed by atoms with Gasteiger partial charge in [0.05, 0.1) is 0 Å². The fourth-order valence-corrected chi connectivity index (χ4v) is 1.45. The molecule has 52 valence electrons. The minimum absolute atomic E-state index is 1.16. The van der Waals surface area contributed by atoms with Gasteiger partial charge in [0.25, 0.3) is 0 Å². The highest BCUT2D eigenvalue weighted by atomic mass is 32.2. The van der Waals surface area contributed by atoms with E-state index in [9.17, 15) is 0 Å². The Morgan fingerprint density at radius 2 is 2.22 bits per heavy atom. The number of allylic oxidation sites excluding steroid dienone is 1. The second-order valence-electron chi connectivity index (χ2n) is 2.23. The molecule has 1 aliphatic heterocycles. The smallest absolute Gasteiger partial charge is 0.00616 e. The van der Waals surface area contributed by atoms with Gasteiger partial charge >= 0.3 is 0 Å². The van der Waals surface area contributed by atoms with Crippen molar-refractivity contribution in [2.24, 2.45) is 0 Å². The Hall–Kier alpha value is 0.0500. The Labute approximate surface area is 61.0 Å². The molecule has 0 radical (unpaired) electrons. The first-order valence-corrected chi connectivity index (χ1v) is 4.41. The summed E-state index contributed by atoms with van der Waals surface area (Å²) in [7, 11) is 0. The van der Waals surface area contributed by atoms with Crippen molar-refractivity contribution in [1.29, 1.82) is 0 Å². The number of nitrogens with one attached hydrogen (secondary N) is 1. The maximum absolute atomic E-state index is 3.26. The predicted octanol–water partition coefficient (Wildman–Crippen LogP) is 2.31. The van der Waals surface area contributed by atoms with Crippen molar-refractivity contribution in [3.05, 3.63) is 11.5 Å². The van der Waals surface area contributed by atoms with Crippen LogP contribution in [0.2, 0.25) is 0 Å². The van der Waals surface area contributed by atoms with Crippen LogP contribution >= 0.6 is 11.9 Å². The number of hydrogen-bond donors (Lipinski definition) is 1. The third-order valence-electron chi connectivity index (χ3n) is 1.40. The lowest BCUT2D eigenvalue weighted by atomic mass is 10.2. The summed E-state index contributed by atoms with van der Waals surface area (Å²) in [5.41, 5.74) is 0. The fourth-order valence-electron chi connectivity index (χ4n) is 0.859. The summed E-state index contributed by atoms with van der Waals surface area (Å²) >= 11 is 1.71. The van der Waals surface area contributed by atoms with E-state index in [1.54, 1.807) is 11.9 Å². The highest BCUT2D eigenvalue weighted by molar-refractivity contribution is 8.00. The van der Waals surface area contributed by atoms with Crippen molar-refractivity contribution in [2.75, 3.05) is 6.54 Å². The third kappa shape index (κ3) is 3.60. The molecule has 0 aromatic carbocycles. The standard InChI is InChI=1S/C7H13NS/c1-2-4-6-8-9-7-5-3-1/h5,7-8H,1-4,6H2/b7-5-. The molecule has 0 aliphatic carbocycles. The first-order chi connectivity index (χ1) is 4.50. The molecule has 1 aliphatic rings. The first-order valence-electron chi connectivity index (χ1n) is 3.53. The van der Waals surface area contributed by atoms with Crippen molar-refractivity contribution in [1.82, 2.24) is 4.72 Å². The van der Waals surface area contributed by atoms with Crippen molar-refractivity contribution >= 4 is 11.9 Å². The zero-order valence-electron chi connectivity index (χ0n) is 5.60. The van der Waals surface area contributed by atoms with E-state index in [1.165, 1.54) is 25.7 Å². The fraction of sp³-hybridized carbons (Fsp3) is 0.714. The number of rotatable bonds is 0. The molecule has 2 heteroatoms. The van der Waals surface area contributed by atoms with Gasteiger partial charge in [0.15, 0.2) is 0 Å². The lowest BCUT2D eigenvalue weighted by Crippen LogP contribution is -2.02. The van der Waals surface area contributed by atoms with E-state index in [4.69, 9.17) is 0 Å². The van der Waals surface area contributed by atoms with Crippen LogP contribution in [0.15, 0.2) is 11.5 Å². The molecule has 9 heavy (non-hydrogen) atoms. The van der Waals surface area contributed by atoms with E-state index >= 15 is 0 Å². The van der Waals surface area contributed by atoms with Gasteiger partial charge in [0, 0.05) is 6.54 Å². The van der Waals surface area contributed by atoms with Crippen LogP contribution in [-0.2, 0) is 0 Å². The Kier molecular flexibility index (Phi) is 3.89. The molecular formula is C7H13NS. The normalized spacial score (nSPS) is 25.8. The molecule has 0 fully saturated rings. The van der Waals surface area contributed by atoms with Gasteiger partial charge in [-0.25, -0.2) is 0 Å². The van der Waals surface area contributed by atoms with E-state index in [0.717, 1.165) is 6.54 Å². The molecule has 0 aromatic rings. The average molecular weight is 143 g/mol. The zero-order valence-corrected chi connectivity index (χ0v) is 6.41. The SMILES string of the molecule is C1=C\SNCCCCC/1. The quantitative estimate of drug-likeness (QED) is 0.522. The second-order valence-corrected chi connectivity index (χ2v) is 3.03. The minimum atomic E-state index is 1.16. The summed E-state index contributed by atoms with van der Waals surface area (Å²) in [4.78, 5) is 0. The molecule has 0 saturated heterocycles. The van der Waals surface area contributed by atoms with Crippen molar-refractivity contribution in [3.8, 4) is 0 Å². The van der Waals surface area contributed by atoms with Gasteiger partial charge in [0.2, 0.25) is 0 Å². The van der Waals surface area contributed by atoms with Gasteiger partial charge in [0.1, 0.15) is 0 Å². The maximum Gasteiger partial charge on any atom is 0.00616 e. The van der Waals surface area contributed by atoms with Gasteiger partial charge in [-0.15, -0.1) is 0 Å². The summed E-state index contributed by atoms with van der Waals surface area (Å²) in [6.07, 6.45) is 7.56. The van der Waals surface area contributed by atoms with Crippen LogP contribution in [0.25, 0.3) is 0 Å². The van der Waals surface area contributed by atoms with Gasteiger partial charge in [-0.2, -0.15) is 0 Å². The van der Waals surface area contributed by atoms with E-state index in [1.807, 2.05) is 0 Å². The van der Waals surface area contributed by atoms with Crippen LogP contribution in [0, 0.1) is 0 Å². The molecule has 1 rings (SSSR count). The Bertz CT molecular complexity index is 80.9. The Morgan fingerprint density at radius 1 is 1.22 bits per heavy atom. The topological polar surface area (TPSA) is 12.0 Å². The van der Waals surface area contributed by atoms with Crippen LogP contribution in [0.4, 0.5) is 0 Å². The second kappa shape index (κ2) is 4.89. The largest absolute Gasteiger partial charge is 0.260 e. The summed E-state index contributed by atoms with van der Waals surface area (Å²) in [6.45, 7) is 1.16. The van der Waals surface area contributed by atoms with Crippen LogP contribution in [-0.4, -0.2) is 6.54 Å². The molecule has 0 unspecified atom stereocenters. The van der Waals surface area contributed by atoms with Gasteiger partial charge < -0.3 is 0 Å². The van der Waals surface area contributed by atoms with Gasteiger partial charge in [-0.1, -0.05) is 24.4 Å². The summed E-state index contributed by atoms with van der Waals surface area (Å²) in [6, 6.07) is 0. The van der Waals surface area contributed by atoms with Crippen molar-refractivity contribution in [2.45, 2.75) is 25.7 Å². The molecule has 0 spiro atoms. The molecular weight excluding hydrogens is 130 g/mol. The van der Waals surface area contributed by atoms with Crippen molar-refractivity contribution in [3.63, 3.8) is 0 Å². The Morgan fingerprint density at radius 3 is 3.22 bits per heavy atom. The third-order valence-corrected chi connectivity index (χ3v) is 2.10. The van der Waals surface area contributed by atoms with E-state index < -0.39 is 0 Å². The van der Waals surface area contributed by atoms with Crippen LogP contribution < -0.4 is 4.72 Å². The highest BCUT2D eigenvalue weighted by Gasteiger charge is 1.90. The van der Waals surface area contributed by atoms with Gasteiger partial charge in [-0.3, -0.25) is 4.72 Å². The summed E-state index contributed by atoms with van der Waals surface area (Å²) < 4.78 is 3.26. The van der Waals surface area contributed by atoms with E-state index in [2.05, 4.69) is 16.2 Å². The Balaban J connectivity index is 2.15. The zero-order chi connectivity index (χ0) is 6.36. The molecule has 0 aromatic heterocycles. The maximum atomic E-state index is 3.26. The highest BCUT2D eigenvalue weighted by Crippen LogP contribution is 2.06. The molecule has 1 N–H and O–H groups in total. The average Bonchev–Trinajstić information content (AvgIpc) is 2.00. The molecule has 0 atom stereocenters. The first kappa shape index (κ1) is 7.16. The molecule has 1 nitrogen and oxygen atoms in total. The molecule has 1 heterocycles. The lowest BCUT2D eigenvalue weighted by molar-refractivity contribution is 0.684. The number of hydrogen-bond acceptors (Lipinski definition) is 2. The molecule has 0 amide bonds. The lowest BCUT2D eigenvalue weighted by Gasteiger charge is -1.96. The van der Waals surface area contributed by atoms with Crippen LogP contribution in [0.1, 0.15) is 25.7 Å². The predicted molar refractivity (Wildman–Crippen MR) is 43.2 cm³/mol. The van der Waals surface area contributed by atoms with Crippen LogP contribution in [0.3, 0.4) is 0 Å². The molecule has 0 bridgehead atoms. The summed E-state index contributed by atoms with van der Waals surface area (Å²) in [5.74, 6) is 0. The van der Waals surface area contributed by atoms with Crippen LogP contribution in [0.5, 0.6) is 0 Å². The minimum Gasteiger partial charge on any atom is -0.260 e. The van der Waals surface area contributed by atoms with E-state index in [-0.39, 0.29) is 0 Å². The van der Waals surface area contributed by atoms with E-state index in [0.29, 0.717) is 0 Å². The molecule has 0 saturated carbocycles. The summed E-state index contributed by atoms with van der Waals surface area (Å²) in [5, 5.41) is 2.14. The van der Waals surface area contributed by atoms with Crippen molar-refractivity contribution < 1.29 is 0 Å². The van der Waals surface area contributed by atoms with Gasteiger partial charge in [-0.05, 0) is 24.7 Å². The monoisotopic (exact) mass is 143 g/mol.